The van der Waals surface area contributed by atoms with Crippen molar-refractivity contribution in [2.75, 3.05) is 6.54 Å². The van der Waals surface area contributed by atoms with E-state index >= 15 is 0 Å². The van der Waals surface area contributed by atoms with Crippen LogP contribution < -0.4 is 5.73 Å². The molecule has 0 aliphatic heterocycles. The minimum atomic E-state index is -0.773. The number of nitrogens with zero attached hydrogens (tertiary/aromatic N) is 1. The van der Waals surface area contributed by atoms with Gasteiger partial charge in [0.05, 0.1) is 0 Å². The van der Waals surface area contributed by atoms with Gasteiger partial charge in [-0.1, -0.05) is 0 Å². The lowest BCUT2D eigenvalue weighted by molar-refractivity contribution is -0.0727. The standard InChI is InChI=1S/C14H26N2O2/c1-12(2,3)16(11(17)18)14-7-4-13(10-15,5-8-14)6-9-14/h4-10,15H2,1-3H3,(H,17,18). The predicted molar refractivity (Wildman–Crippen MR) is 71.5 cm³/mol. The summed E-state index contributed by atoms with van der Waals surface area (Å²) < 4.78 is 0. The van der Waals surface area contributed by atoms with Crippen molar-refractivity contribution in [2.45, 2.75) is 70.4 Å². The highest BCUT2D eigenvalue weighted by atomic mass is 16.4. The Morgan fingerprint density at radius 2 is 1.61 bits per heavy atom. The zero-order valence-corrected chi connectivity index (χ0v) is 11.8. The molecule has 0 aromatic heterocycles. The zero-order valence-electron chi connectivity index (χ0n) is 11.8. The molecule has 0 saturated heterocycles. The van der Waals surface area contributed by atoms with Gasteiger partial charge in [-0.2, -0.15) is 0 Å². The lowest BCUT2D eigenvalue weighted by Gasteiger charge is -2.59. The Bertz CT molecular complexity index is 322. The minimum absolute atomic E-state index is 0.138. The Kier molecular flexibility index (Phi) is 3.13. The number of carboxylic acid groups (broad SMARTS) is 1. The van der Waals surface area contributed by atoms with E-state index in [0.717, 1.165) is 45.1 Å². The van der Waals surface area contributed by atoms with Gasteiger partial charge in [0.25, 0.3) is 0 Å². The molecule has 0 aromatic rings. The summed E-state index contributed by atoms with van der Waals surface area (Å²) in [5.41, 5.74) is 5.75. The lowest BCUT2D eigenvalue weighted by Crippen LogP contribution is -2.64. The van der Waals surface area contributed by atoms with Gasteiger partial charge < -0.3 is 10.8 Å². The Morgan fingerprint density at radius 3 is 1.89 bits per heavy atom. The Balaban J connectivity index is 2.26. The third-order valence-electron chi connectivity index (χ3n) is 5.13. The van der Waals surface area contributed by atoms with Gasteiger partial charge in [0.1, 0.15) is 0 Å². The van der Waals surface area contributed by atoms with Crippen molar-refractivity contribution in [2.24, 2.45) is 11.1 Å². The van der Waals surface area contributed by atoms with E-state index in [2.05, 4.69) is 0 Å². The van der Waals surface area contributed by atoms with Crippen LogP contribution in [-0.4, -0.2) is 33.7 Å². The maximum Gasteiger partial charge on any atom is 0.408 e. The van der Waals surface area contributed by atoms with Crippen LogP contribution in [-0.2, 0) is 0 Å². The SMILES string of the molecule is CC(C)(C)N(C(=O)O)C12CCC(CN)(CC1)CC2. The fraction of sp³-hybridized carbons (Fsp3) is 0.929. The second-order valence-corrected chi connectivity index (χ2v) is 7.22. The average Bonchev–Trinajstić information content (AvgIpc) is 2.28. The number of hydrogen-bond donors (Lipinski definition) is 2. The fourth-order valence-corrected chi connectivity index (χ4v) is 4.09. The second kappa shape index (κ2) is 4.12. The molecule has 0 atom stereocenters. The van der Waals surface area contributed by atoms with Crippen LogP contribution in [0.1, 0.15) is 59.3 Å². The average molecular weight is 254 g/mol. The van der Waals surface area contributed by atoms with Gasteiger partial charge in [0.2, 0.25) is 0 Å². The van der Waals surface area contributed by atoms with Crippen molar-refractivity contribution in [3.63, 3.8) is 0 Å². The van der Waals surface area contributed by atoms with Crippen LogP contribution in [0.3, 0.4) is 0 Å². The van der Waals surface area contributed by atoms with E-state index in [1.54, 1.807) is 4.90 Å². The first kappa shape index (κ1) is 13.7. The monoisotopic (exact) mass is 254 g/mol. The summed E-state index contributed by atoms with van der Waals surface area (Å²) in [6.07, 6.45) is 5.43. The van der Waals surface area contributed by atoms with Crippen LogP contribution in [0, 0.1) is 5.41 Å². The summed E-state index contributed by atoms with van der Waals surface area (Å²) in [5, 5.41) is 9.60. The molecular formula is C14H26N2O2. The predicted octanol–water partition coefficient (Wildman–Crippen LogP) is 2.82. The van der Waals surface area contributed by atoms with Crippen molar-refractivity contribution in [1.29, 1.82) is 0 Å². The van der Waals surface area contributed by atoms with Crippen molar-refractivity contribution in [3.8, 4) is 0 Å². The van der Waals surface area contributed by atoms with Crippen LogP contribution in [0.25, 0.3) is 0 Å². The molecule has 0 radical (unpaired) electrons. The van der Waals surface area contributed by atoms with Crippen molar-refractivity contribution >= 4 is 6.09 Å². The topological polar surface area (TPSA) is 66.6 Å². The number of amides is 1. The van der Waals surface area contributed by atoms with Crippen LogP contribution in [0.4, 0.5) is 4.79 Å². The number of rotatable bonds is 2. The molecular weight excluding hydrogens is 228 g/mol. The van der Waals surface area contributed by atoms with Gasteiger partial charge in [-0.3, -0.25) is 4.90 Å². The molecule has 0 unspecified atom stereocenters. The Hall–Kier alpha value is -0.770. The number of hydrogen-bond acceptors (Lipinski definition) is 2. The largest absolute Gasteiger partial charge is 0.465 e. The lowest BCUT2D eigenvalue weighted by atomic mass is 9.56. The number of fused-ring (bicyclic) bond motifs is 3. The Labute approximate surface area is 110 Å². The summed E-state index contributed by atoms with van der Waals surface area (Å²) in [4.78, 5) is 13.4. The third kappa shape index (κ3) is 2.00. The smallest absolute Gasteiger partial charge is 0.408 e. The highest BCUT2D eigenvalue weighted by Crippen LogP contribution is 2.55. The Morgan fingerprint density at radius 1 is 1.17 bits per heavy atom. The highest BCUT2D eigenvalue weighted by molar-refractivity contribution is 5.67. The highest BCUT2D eigenvalue weighted by Gasteiger charge is 2.54. The summed E-state index contributed by atoms with van der Waals surface area (Å²) in [6.45, 7) is 6.74. The van der Waals surface area contributed by atoms with Crippen LogP contribution in [0.15, 0.2) is 0 Å². The van der Waals surface area contributed by atoms with Gasteiger partial charge in [0, 0.05) is 11.1 Å². The summed E-state index contributed by atoms with van der Waals surface area (Å²) in [5.74, 6) is 0. The summed E-state index contributed by atoms with van der Waals surface area (Å²) >= 11 is 0. The van der Waals surface area contributed by atoms with Crippen LogP contribution in [0.2, 0.25) is 0 Å². The molecule has 0 heterocycles. The van der Waals surface area contributed by atoms with Gasteiger partial charge in [-0.05, 0) is 71.3 Å². The quantitative estimate of drug-likeness (QED) is 0.796. The first-order valence-electron chi connectivity index (χ1n) is 6.98. The van der Waals surface area contributed by atoms with E-state index in [0.29, 0.717) is 5.41 Å². The molecule has 18 heavy (non-hydrogen) atoms. The molecule has 0 aromatic carbocycles. The molecule has 4 heteroatoms. The van der Waals surface area contributed by atoms with E-state index in [1.807, 2.05) is 20.8 Å². The normalized spacial score (nSPS) is 35.6. The van der Waals surface area contributed by atoms with E-state index < -0.39 is 6.09 Å². The van der Waals surface area contributed by atoms with Crippen LogP contribution >= 0.6 is 0 Å². The summed E-state index contributed by atoms with van der Waals surface area (Å²) in [6, 6.07) is 0. The van der Waals surface area contributed by atoms with E-state index in [4.69, 9.17) is 5.73 Å². The molecule has 3 aliphatic carbocycles. The maximum atomic E-state index is 11.7. The molecule has 0 spiro atoms. The molecule has 104 valence electrons. The first-order chi connectivity index (χ1) is 8.25. The molecule has 3 fully saturated rings. The summed E-state index contributed by atoms with van der Waals surface area (Å²) in [7, 11) is 0. The zero-order chi connectivity index (χ0) is 13.6. The molecule has 2 bridgehead atoms. The maximum absolute atomic E-state index is 11.7. The fourth-order valence-electron chi connectivity index (χ4n) is 4.09. The van der Waals surface area contributed by atoms with Crippen molar-refractivity contribution in [1.82, 2.24) is 4.90 Å². The van der Waals surface area contributed by atoms with Gasteiger partial charge in [-0.15, -0.1) is 0 Å². The number of carbonyl (C=O) groups is 1. The molecule has 1 amide bonds. The van der Waals surface area contributed by atoms with Gasteiger partial charge in [0.15, 0.2) is 0 Å². The molecule has 3 saturated carbocycles. The second-order valence-electron chi connectivity index (χ2n) is 7.22. The third-order valence-corrected chi connectivity index (χ3v) is 5.13. The van der Waals surface area contributed by atoms with E-state index in [-0.39, 0.29) is 11.1 Å². The van der Waals surface area contributed by atoms with Crippen molar-refractivity contribution < 1.29 is 9.90 Å². The van der Waals surface area contributed by atoms with Gasteiger partial charge >= 0.3 is 6.09 Å². The molecule has 3 aliphatic rings. The molecule has 4 nitrogen and oxygen atoms in total. The van der Waals surface area contributed by atoms with E-state index in [9.17, 15) is 9.90 Å². The first-order valence-corrected chi connectivity index (χ1v) is 6.98. The van der Waals surface area contributed by atoms with E-state index in [1.165, 1.54) is 0 Å². The van der Waals surface area contributed by atoms with Gasteiger partial charge in [-0.25, -0.2) is 4.79 Å². The van der Waals surface area contributed by atoms with Crippen molar-refractivity contribution in [3.05, 3.63) is 0 Å². The molecule has 3 N–H and O–H groups in total. The minimum Gasteiger partial charge on any atom is -0.465 e. The molecule has 3 rings (SSSR count). The van der Waals surface area contributed by atoms with Crippen LogP contribution in [0.5, 0.6) is 0 Å². The number of nitrogens with two attached hydrogens (primary N) is 1.